The number of fused-ring (bicyclic) bond motifs is 2. The molecule has 4 atom stereocenters. The first-order valence-corrected chi connectivity index (χ1v) is 10.4. The van der Waals surface area contributed by atoms with Gasteiger partial charge in [-0.2, -0.15) is 0 Å². The van der Waals surface area contributed by atoms with Gasteiger partial charge in [0.1, 0.15) is 12.2 Å². The molecule has 2 aromatic rings. The molecule has 0 saturated carbocycles. The van der Waals surface area contributed by atoms with Crippen molar-refractivity contribution in [1.29, 1.82) is 0 Å². The van der Waals surface area contributed by atoms with Gasteiger partial charge in [0.25, 0.3) is 0 Å². The van der Waals surface area contributed by atoms with Gasteiger partial charge in [-0.25, -0.2) is 0 Å². The second-order valence-electron chi connectivity index (χ2n) is 8.48. The molecule has 0 unspecified atom stereocenters. The fourth-order valence-electron chi connectivity index (χ4n) is 4.26. The highest BCUT2D eigenvalue weighted by molar-refractivity contribution is 5.45. The molecule has 0 aromatic heterocycles. The topological polar surface area (TPSA) is 95.8 Å². The third kappa shape index (κ3) is 4.16. The average molecular weight is 430 g/mol. The van der Waals surface area contributed by atoms with Crippen LogP contribution in [0.3, 0.4) is 0 Å². The first-order valence-electron chi connectivity index (χ1n) is 10.4. The Morgan fingerprint density at radius 2 is 1.16 bits per heavy atom. The van der Waals surface area contributed by atoms with Crippen molar-refractivity contribution in [3.63, 3.8) is 0 Å². The van der Waals surface area contributed by atoms with E-state index >= 15 is 0 Å². The normalized spacial score (nSPS) is 24.9. The number of ether oxygens (including phenoxy) is 6. The van der Waals surface area contributed by atoms with Crippen molar-refractivity contribution < 1.29 is 38.6 Å². The van der Waals surface area contributed by atoms with E-state index in [1.807, 2.05) is 36.4 Å². The number of hydrogen-bond donors (Lipinski definition) is 2. The molecular formula is C23H26O8. The maximum absolute atomic E-state index is 11.0. The molecule has 1 saturated heterocycles. The van der Waals surface area contributed by atoms with Gasteiger partial charge in [-0.15, -0.1) is 0 Å². The Labute approximate surface area is 180 Å². The van der Waals surface area contributed by atoms with Crippen LogP contribution in [0, 0.1) is 0 Å². The van der Waals surface area contributed by atoms with Crippen LogP contribution in [0.5, 0.6) is 23.0 Å². The monoisotopic (exact) mass is 430 g/mol. The van der Waals surface area contributed by atoms with Crippen LogP contribution in [0.15, 0.2) is 36.4 Å². The molecule has 31 heavy (non-hydrogen) atoms. The summed E-state index contributed by atoms with van der Waals surface area (Å²) in [5.41, 5.74) is 1.77. The Balaban J connectivity index is 1.29. The van der Waals surface area contributed by atoms with Gasteiger partial charge in [-0.05, 0) is 49.2 Å². The second kappa shape index (κ2) is 7.87. The highest BCUT2D eigenvalue weighted by Gasteiger charge is 2.47. The molecule has 3 aliphatic heterocycles. The van der Waals surface area contributed by atoms with Crippen LogP contribution in [0.25, 0.3) is 0 Å². The van der Waals surface area contributed by atoms with Crippen molar-refractivity contribution in [2.75, 3.05) is 13.6 Å². The van der Waals surface area contributed by atoms with E-state index in [-0.39, 0.29) is 13.6 Å². The number of hydrogen-bond acceptors (Lipinski definition) is 8. The van der Waals surface area contributed by atoms with Crippen LogP contribution in [0.2, 0.25) is 0 Å². The lowest BCUT2D eigenvalue weighted by molar-refractivity contribution is -0.160. The van der Waals surface area contributed by atoms with Crippen molar-refractivity contribution in [3.05, 3.63) is 47.5 Å². The van der Waals surface area contributed by atoms with E-state index in [1.54, 1.807) is 13.8 Å². The summed E-state index contributed by atoms with van der Waals surface area (Å²) in [7, 11) is 0. The molecule has 0 bridgehead atoms. The van der Waals surface area contributed by atoms with Gasteiger partial charge in [0.15, 0.2) is 28.8 Å². The van der Waals surface area contributed by atoms with E-state index in [1.165, 1.54) is 0 Å². The van der Waals surface area contributed by atoms with Crippen LogP contribution >= 0.6 is 0 Å². The molecule has 0 spiro atoms. The van der Waals surface area contributed by atoms with Crippen molar-refractivity contribution in [3.8, 4) is 23.0 Å². The smallest absolute Gasteiger partial charge is 0.231 e. The van der Waals surface area contributed by atoms with Crippen LogP contribution in [0.4, 0.5) is 0 Å². The first-order chi connectivity index (χ1) is 14.9. The summed E-state index contributed by atoms with van der Waals surface area (Å²) in [5.74, 6) is 1.79. The summed E-state index contributed by atoms with van der Waals surface area (Å²) in [6.07, 6.45) is -2.48. The summed E-state index contributed by atoms with van der Waals surface area (Å²) in [6, 6.07) is 11.1. The molecule has 0 aliphatic carbocycles. The Morgan fingerprint density at radius 3 is 1.61 bits per heavy atom. The largest absolute Gasteiger partial charge is 0.454 e. The molecule has 0 radical (unpaired) electrons. The number of rotatable bonds is 6. The fraction of sp³-hybridized carbons (Fsp3) is 0.478. The number of aliphatic hydroxyl groups is 2. The van der Waals surface area contributed by atoms with E-state index in [2.05, 4.69) is 0 Å². The summed E-state index contributed by atoms with van der Waals surface area (Å²) >= 11 is 0. The Kier molecular flexibility index (Phi) is 5.18. The highest BCUT2D eigenvalue weighted by Crippen LogP contribution is 2.37. The lowest BCUT2D eigenvalue weighted by atomic mass is 9.94. The zero-order chi connectivity index (χ0) is 21.6. The highest BCUT2D eigenvalue weighted by atomic mass is 16.8. The predicted octanol–water partition coefficient (Wildman–Crippen LogP) is 2.17. The summed E-state index contributed by atoms with van der Waals surface area (Å²) < 4.78 is 33.5. The van der Waals surface area contributed by atoms with Crippen LogP contribution < -0.4 is 18.9 Å². The minimum atomic E-state index is -0.916. The minimum Gasteiger partial charge on any atom is -0.454 e. The van der Waals surface area contributed by atoms with Gasteiger partial charge in [-0.1, -0.05) is 12.1 Å². The maximum Gasteiger partial charge on any atom is 0.231 e. The second-order valence-corrected chi connectivity index (χ2v) is 8.48. The van der Waals surface area contributed by atoms with E-state index in [0.717, 1.165) is 11.1 Å². The molecule has 0 amide bonds. The van der Waals surface area contributed by atoms with Gasteiger partial charge >= 0.3 is 0 Å². The number of benzene rings is 2. The van der Waals surface area contributed by atoms with Crippen molar-refractivity contribution in [1.82, 2.24) is 0 Å². The lowest BCUT2D eigenvalue weighted by Crippen LogP contribution is -2.44. The summed E-state index contributed by atoms with van der Waals surface area (Å²) in [6.45, 7) is 3.95. The van der Waals surface area contributed by atoms with E-state index in [9.17, 15) is 10.2 Å². The van der Waals surface area contributed by atoms with Gasteiger partial charge < -0.3 is 38.6 Å². The Bertz CT molecular complexity index is 883. The number of aliphatic hydroxyl groups excluding tert-OH is 2. The molecule has 8 heteroatoms. The molecule has 2 N–H and O–H groups in total. The predicted molar refractivity (Wildman–Crippen MR) is 108 cm³/mol. The van der Waals surface area contributed by atoms with Gasteiger partial charge in [0, 0.05) is 12.8 Å². The molecule has 3 aliphatic rings. The maximum atomic E-state index is 11.0. The van der Waals surface area contributed by atoms with E-state index in [4.69, 9.17) is 28.4 Å². The van der Waals surface area contributed by atoms with Crippen LogP contribution in [-0.4, -0.2) is 54.0 Å². The van der Waals surface area contributed by atoms with E-state index < -0.39 is 30.2 Å². The molecule has 3 heterocycles. The fourth-order valence-corrected chi connectivity index (χ4v) is 4.26. The van der Waals surface area contributed by atoms with Gasteiger partial charge in [0.05, 0.1) is 12.2 Å². The molecule has 166 valence electrons. The SMILES string of the molecule is CC1(C)O[C@@H]([C@@H](O)Cc2ccc3c(c2)OCO3)[C@H]([C@@H](O)Cc2ccc3c(c2)OCO3)O1. The summed E-state index contributed by atoms with van der Waals surface area (Å²) in [5, 5.41) is 21.9. The molecule has 5 rings (SSSR count). The third-order valence-electron chi connectivity index (χ3n) is 5.69. The molecule has 8 nitrogen and oxygen atoms in total. The van der Waals surface area contributed by atoms with Crippen molar-refractivity contribution >= 4 is 0 Å². The quantitative estimate of drug-likeness (QED) is 0.720. The molecule has 1 fully saturated rings. The minimum absolute atomic E-state index is 0.198. The van der Waals surface area contributed by atoms with E-state index in [0.29, 0.717) is 35.8 Å². The zero-order valence-electron chi connectivity index (χ0n) is 17.4. The summed E-state index contributed by atoms with van der Waals surface area (Å²) in [4.78, 5) is 0. The van der Waals surface area contributed by atoms with Crippen LogP contribution in [-0.2, 0) is 22.3 Å². The Morgan fingerprint density at radius 1 is 0.742 bits per heavy atom. The standard InChI is InChI=1S/C23H26O8/c1-23(2)30-21(15(24)7-13-3-5-17-19(9-13)28-11-26-17)22(31-23)16(25)8-14-4-6-18-20(10-14)29-12-27-18/h3-6,9-10,15-16,21-22,24-25H,7-8,11-12H2,1-2H3/t15-,16-,21-,22-/m0/s1. The zero-order valence-corrected chi connectivity index (χ0v) is 17.4. The first kappa shape index (κ1) is 20.4. The van der Waals surface area contributed by atoms with Gasteiger partial charge in [0.2, 0.25) is 13.6 Å². The lowest BCUT2D eigenvalue weighted by Gasteiger charge is -2.26. The van der Waals surface area contributed by atoms with Gasteiger partial charge in [-0.3, -0.25) is 0 Å². The third-order valence-corrected chi connectivity index (χ3v) is 5.69. The van der Waals surface area contributed by atoms with Crippen LogP contribution in [0.1, 0.15) is 25.0 Å². The molecule has 2 aromatic carbocycles. The van der Waals surface area contributed by atoms with Crippen molar-refractivity contribution in [2.24, 2.45) is 0 Å². The Hall–Kier alpha value is -2.52. The molecular weight excluding hydrogens is 404 g/mol. The average Bonchev–Trinajstić information content (AvgIpc) is 3.45. The van der Waals surface area contributed by atoms with Crippen molar-refractivity contribution in [2.45, 2.75) is 56.9 Å².